The summed E-state index contributed by atoms with van der Waals surface area (Å²) < 4.78 is 7.28. The second kappa shape index (κ2) is 11.5. The van der Waals surface area contributed by atoms with Gasteiger partial charge >= 0.3 is 0 Å². The number of methoxy groups -OCH3 is 1. The fourth-order valence-corrected chi connectivity index (χ4v) is 4.64. The van der Waals surface area contributed by atoms with Crippen LogP contribution in [0.1, 0.15) is 37.7 Å². The number of hydrogen-bond acceptors (Lipinski definition) is 6. The van der Waals surface area contributed by atoms with Crippen molar-refractivity contribution in [1.29, 1.82) is 0 Å². The summed E-state index contributed by atoms with van der Waals surface area (Å²) in [7, 11) is 5.63. The van der Waals surface area contributed by atoms with Gasteiger partial charge in [0.15, 0.2) is 11.0 Å². The number of nitrogens with zero attached hydrogens (tertiary/aromatic N) is 4. The monoisotopic (exact) mass is 487 g/mol. The number of thioether (sulfide) groups is 1. The molecule has 0 aliphatic carbocycles. The van der Waals surface area contributed by atoms with Crippen molar-refractivity contribution >= 4 is 35.0 Å². The van der Waals surface area contributed by atoms with Gasteiger partial charge in [-0.1, -0.05) is 60.6 Å². The molecule has 0 saturated carbocycles. The second-order valence-corrected chi connectivity index (χ2v) is 9.61. The number of nitrogens with one attached hydrogen (secondary N) is 1. The van der Waals surface area contributed by atoms with Gasteiger partial charge in [-0.15, -0.1) is 10.2 Å². The van der Waals surface area contributed by atoms with E-state index in [2.05, 4.69) is 44.0 Å². The topological polar surface area (TPSA) is 72.3 Å². The van der Waals surface area contributed by atoms with Crippen molar-refractivity contribution in [1.82, 2.24) is 19.7 Å². The van der Waals surface area contributed by atoms with E-state index in [1.807, 2.05) is 39.2 Å². The number of aromatic nitrogens is 3. The van der Waals surface area contributed by atoms with Crippen molar-refractivity contribution in [3.8, 4) is 5.75 Å². The summed E-state index contributed by atoms with van der Waals surface area (Å²) in [6.45, 7) is 4.63. The van der Waals surface area contributed by atoms with E-state index in [0.29, 0.717) is 28.2 Å². The summed E-state index contributed by atoms with van der Waals surface area (Å²) in [5.74, 6) is 1.31. The Labute approximate surface area is 204 Å². The molecule has 7 nitrogen and oxygen atoms in total. The highest BCUT2D eigenvalue weighted by Gasteiger charge is 2.25. The molecule has 0 bridgehead atoms. The average molecular weight is 488 g/mol. The van der Waals surface area contributed by atoms with Crippen LogP contribution in [0.5, 0.6) is 5.75 Å². The van der Waals surface area contributed by atoms with Gasteiger partial charge in [0.1, 0.15) is 5.75 Å². The van der Waals surface area contributed by atoms with Crippen LogP contribution in [-0.2, 0) is 11.3 Å². The first-order valence-electron chi connectivity index (χ1n) is 10.8. The molecule has 0 spiro atoms. The van der Waals surface area contributed by atoms with Crippen LogP contribution in [0.3, 0.4) is 0 Å². The SMILES string of the molecule is CCC(c1nnc(SC(C)C(=O)Nc2ccc(OC)c(Cl)c2)n1Cc1ccccc1)N(C)C. The number of halogens is 1. The smallest absolute Gasteiger partial charge is 0.237 e. The summed E-state index contributed by atoms with van der Waals surface area (Å²) in [5.41, 5.74) is 1.77. The van der Waals surface area contributed by atoms with Crippen molar-refractivity contribution < 1.29 is 9.53 Å². The van der Waals surface area contributed by atoms with E-state index in [4.69, 9.17) is 16.3 Å². The quantitative estimate of drug-likeness (QED) is 0.400. The lowest BCUT2D eigenvalue weighted by molar-refractivity contribution is -0.115. The Morgan fingerprint density at radius 3 is 2.55 bits per heavy atom. The molecule has 3 aromatic rings. The largest absolute Gasteiger partial charge is 0.495 e. The van der Waals surface area contributed by atoms with Crippen LogP contribution in [0.15, 0.2) is 53.7 Å². The van der Waals surface area contributed by atoms with Crippen molar-refractivity contribution in [2.24, 2.45) is 0 Å². The number of carbonyl (C=O) groups excluding carboxylic acids is 1. The predicted octanol–water partition coefficient (Wildman–Crippen LogP) is 5.12. The third-order valence-electron chi connectivity index (χ3n) is 5.31. The molecule has 0 radical (unpaired) electrons. The van der Waals surface area contributed by atoms with Crippen LogP contribution in [0.2, 0.25) is 5.02 Å². The molecular formula is C24H30ClN5O2S. The molecule has 2 aromatic carbocycles. The Bertz CT molecular complexity index is 1070. The molecule has 0 aliphatic heterocycles. The van der Waals surface area contributed by atoms with Gasteiger partial charge in [0, 0.05) is 5.69 Å². The van der Waals surface area contributed by atoms with Crippen molar-refractivity contribution in [3.05, 3.63) is 64.9 Å². The summed E-state index contributed by atoms with van der Waals surface area (Å²) in [4.78, 5) is 15.0. The highest BCUT2D eigenvalue weighted by Crippen LogP contribution is 2.30. The third-order valence-corrected chi connectivity index (χ3v) is 6.68. The Morgan fingerprint density at radius 1 is 1.21 bits per heavy atom. The van der Waals surface area contributed by atoms with E-state index in [0.717, 1.165) is 17.8 Å². The zero-order valence-electron chi connectivity index (χ0n) is 19.6. The fourth-order valence-electron chi connectivity index (χ4n) is 3.53. The van der Waals surface area contributed by atoms with Crippen molar-refractivity contribution in [2.45, 2.75) is 43.3 Å². The van der Waals surface area contributed by atoms with E-state index in [9.17, 15) is 4.79 Å². The highest BCUT2D eigenvalue weighted by atomic mass is 35.5. The van der Waals surface area contributed by atoms with Gasteiger partial charge in [0.2, 0.25) is 5.91 Å². The molecular weight excluding hydrogens is 458 g/mol. The van der Waals surface area contributed by atoms with Gasteiger partial charge in [-0.2, -0.15) is 0 Å². The van der Waals surface area contributed by atoms with E-state index in [1.165, 1.54) is 11.8 Å². The molecule has 33 heavy (non-hydrogen) atoms. The Balaban J connectivity index is 1.81. The van der Waals surface area contributed by atoms with Crippen LogP contribution < -0.4 is 10.1 Å². The summed E-state index contributed by atoms with van der Waals surface area (Å²) in [6, 6.07) is 15.5. The van der Waals surface area contributed by atoms with Crippen LogP contribution in [0.4, 0.5) is 5.69 Å². The fraction of sp³-hybridized carbons (Fsp3) is 0.375. The highest BCUT2D eigenvalue weighted by molar-refractivity contribution is 8.00. The normalized spacial score (nSPS) is 13.1. The number of amides is 1. The molecule has 3 rings (SSSR count). The van der Waals surface area contributed by atoms with E-state index in [1.54, 1.807) is 25.3 Å². The molecule has 2 atom stereocenters. The zero-order chi connectivity index (χ0) is 24.0. The van der Waals surface area contributed by atoms with Gasteiger partial charge in [-0.05, 0) is 51.2 Å². The molecule has 2 unspecified atom stereocenters. The van der Waals surface area contributed by atoms with E-state index >= 15 is 0 Å². The zero-order valence-corrected chi connectivity index (χ0v) is 21.2. The Kier molecular flexibility index (Phi) is 8.77. The standard InChI is InChI=1S/C24H30ClN5O2S/c1-6-20(29(3)4)22-27-28-24(30(22)15-17-10-8-7-9-11-17)33-16(2)23(31)26-18-12-13-21(32-5)19(25)14-18/h7-14,16,20H,6,15H2,1-5H3,(H,26,31). The second-order valence-electron chi connectivity index (χ2n) is 7.90. The minimum atomic E-state index is -0.392. The van der Waals surface area contributed by atoms with Crippen LogP contribution >= 0.6 is 23.4 Å². The van der Waals surface area contributed by atoms with Crippen LogP contribution in [0.25, 0.3) is 0 Å². The van der Waals surface area contributed by atoms with Crippen molar-refractivity contribution in [3.63, 3.8) is 0 Å². The van der Waals surface area contributed by atoms with Gasteiger partial charge in [-0.25, -0.2) is 0 Å². The minimum absolute atomic E-state index is 0.126. The maximum absolute atomic E-state index is 12.9. The van der Waals surface area contributed by atoms with Gasteiger partial charge < -0.3 is 14.6 Å². The minimum Gasteiger partial charge on any atom is -0.495 e. The Hall–Kier alpha value is -2.55. The first-order valence-corrected chi connectivity index (χ1v) is 12.0. The number of ether oxygens (including phenoxy) is 1. The number of anilines is 1. The maximum Gasteiger partial charge on any atom is 0.237 e. The number of benzene rings is 2. The first kappa shape index (κ1) is 25.1. The lowest BCUT2D eigenvalue weighted by Crippen LogP contribution is -2.25. The number of carbonyl (C=O) groups is 1. The van der Waals surface area contributed by atoms with Crippen LogP contribution in [-0.4, -0.2) is 52.0 Å². The first-order chi connectivity index (χ1) is 15.8. The molecule has 1 aromatic heterocycles. The molecule has 0 fully saturated rings. The summed E-state index contributed by atoms with van der Waals surface area (Å²) >= 11 is 7.57. The van der Waals surface area contributed by atoms with Gasteiger partial charge in [-0.3, -0.25) is 9.69 Å². The molecule has 0 aliphatic rings. The third kappa shape index (κ3) is 6.28. The van der Waals surface area contributed by atoms with Crippen molar-refractivity contribution in [2.75, 3.05) is 26.5 Å². The van der Waals surface area contributed by atoms with E-state index in [-0.39, 0.29) is 11.9 Å². The molecule has 0 saturated heterocycles. The lowest BCUT2D eigenvalue weighted by atomic mass is 10.2. The summed E-state index contributed by atoms with van der Waals surface area (Å²) in [5, 5.41) is 12.7. The lowest BCUT2D eigenvalue weighted by Gasteiger charge is -2.23. The summed E-state index contributed by atoms with van der Waals surface area (Å²) in [6.07, 6.45) is 0.902. The Morgan fingerprint density at radius 2 is 1.94 bits per heavy atom. The molecule has 1 amide bonds. The van der Waals surface area contributed by atoms with Gasteiger partial charge in [0.05, 0.1) is 30.0 Å². The van der Waals surface area contributed by atoms with Crippen LogP contribution in [0, 0.1) is 0 Å². The van der Waals surface area contributed by atoms with Gasteiger partial charge in [0.25, 0.3) is 0 Å². The number of rotatable bonds is 10. The predicted molar refractivity (Wildman–Crippen MR) is 134 cm³/mol. The molecule has 9 heteroatoms. The van der Waals surface area contributed by atoms with E-state index < -0.39 is 5.25 Å². The average Bonchev–Trinajstić information content (AvgIpc) is 3.16. The number of hydrogen-bond donors (Lipinski definition) is 1. The molecule has 1 heterocycles. The maximum atomic E-state index is 12.9. The molecule has 176 valence electrons. The molecule has 1 N–H and O–H groups in total.